The van der Waals surface area contributed by atoms with Crippen molar-refractivity contribution in [3.63, 3.8) is 0 Å². The van der Waals surface area contributed by atoms with E-state index in [2.05, 4.69) is 0 Å². The minimum atomic E-state index is -0.462. The zero-order valence-corrected chi connectivity index (χ0v) is 19.9. The number of rotatable bonds is 7. The fourth-order valence-corrected chi connectivity index (χ4v) is 4.03. The second-order valence-electron chi connectivity index (χ2n) is 7.89. The Morgan fingerprint density at radius 2 is 1.74 bits per heavy atom. The van der Waals surface area contributed by atoms with E-state index in [4.69, 9.17) is 21.1 Å². The zero-order chi connectivity index (χ0) is 24.2. The molecule has 6 heteroatoms. The van der Waals surface area contributed by atoms with Crippen molar-refractivity contribution in [2.24, 2.45) is 0 Å². The number of benzene rings is 3. The van der Waals surface area contributed by atoms with Gasteiger partial charge in [0.25, 0.3) is 0 Å². The Bertz CT molecular complexity index is 1400. The summed E-state index contributed by atoms with van der Waals surface area (Å²) in [6.07, 6.45) is 3.74. The summed E-state index contributed by atoms with van der Waals surface area (Å²) < 4.78 is 12.2. The van der Waals surface area contributed by atoms with E-state index in [9.17, 15) is 9.59 Å². The summed E-state index contributed by atoms with van der Waals surface area (Å²) >= 11 is 6.06. The van der Waals surface area contributed by atoms with Gasteiger partial charge in [0.1, 0.15) is 5.75 Å². The molecule has 1 heterocycles. The standard InChI is InChI=1S/C28H24ClNO4/c1-18-6-8-20(9-7-18)27(31)26-16-21-15-23(33-2)12-13-25(21)30(26)14-4-5-19-10-11-22(29)17-24(19)28(32)34-3/h4-13,15-17H,14H2,1-3H3/b5-4+. The average molecular weight is 474 g/mol. The highest BCUT2D eigenvalue weighted by Gasteiger charge is 2.17. The predicted molar refractivity (Wildman–Crippen MR) is 135 cm³/mol. The van der Waals surface area contributed by atoms with Crippen LogP contribution in [0.1, 0.15) is 37.5 Å². The summed E-state index contributed by atoms with van der Waals surface area (Å²) in [7, 11) is 2.95. The smallest absolute Gasteiger partial charge is 0.338 e. The Balaban J connectivity index is 1.74. The summed E-state index contributed by atoms with van der Waals surface area (Å²) in [6, 6.07) is 20.2. The molecule has 0 fully saturated rings. The van der Waals surface area contributed by atoms with Crippen molar-refractivity contribution in [1.29, 1.82) is 0 Å². The largest absolute Gasteiger partial charge is 0.497 e. The Hall–Kier alpha value is -3.83. The highest BCUT2D eigenvalue weighted by molar-refractivity contribution is 6.31. The molecule has 5 nitrogen and oxygen atoms in total. The van der Waals surface area contributed by atoms with Crippen LogP contribution in [0.15, 0.2) is 72.8 Å². The molecule has 0 aliphatic rings. The number of esters is 1. The predicted octanol–water partition coefficient (Wildman–Crippen LogP) is 6.34. The van der Waals surface area contributed by atoms with Gasteiger partial charge in [-0.1, -0.05) is 59.6 Å². The number of carbonyl (C=O) groups is 2. The molecule has 0 aliphatic carbocycles. The van der Waals surface area contributed by atoms with Gasteiger partial charge < -0.3 is 14.0 Å². The van der Waals surface area contributed by atoms with Crippen molar-refractivity contribution in [1.82, 2.24) is 4.57 Å². The van der Waals surface area contributed by atoms with Crippen molar-refractivity contribution in [2.45, 2.75) is 13.5 Å². The van der Waals surface area contributed by atoms with Crippen LogP contribution in [-0.4, -0.2) is 30.5 Å². The van der Waals surface area contributed by atoms with Gasteiger partial charge in [0.05, 0.1) is 25.5 Å². The topological polar surface area (TPSA) is 57.5 Å². The third-order valence-electron chi connectivity index (χ3n) is 5.66. The van der Waals surface area contributed by atoms with Gasteiger partial charge in [0, 0.05) is 28.0 Å². The Kier molecular flexibility index (Phi) is 6.85. The molecule has 0 bridgehead atoms. The average Bonchev–Trinajstić information content (AvgIpc) is 3.22. The molecule has 0 spiro atoms. The fraction of sp³-hybridized carbons (Fsp3) is 0.143. The van der Waals surface area contributed by atoms with Gasteiger partial charge >= 0.3 is 5.97 Å². The number of aromatic nitrogens is 1. The van der Waals surface area contributed by atoms with Gasteiger partial charge in [0.2, 0.25) is 5.78 Å². The number of carbonyl (C=O) groups excluding carboxylic acids is 2. The van der Waals surface area contributed by atoms with E-state index < -0.39 is 5.97 Å². The van der Waals surface area contributed by atoms with Crippen LogP contribution in [0.3, 0.4) is 0 Å². The number of aryl methyl sites for hydroxylation is 1. The number of halogens is 1. The second-order valence-corrected chi connectivity index (χ2v) is 8.32. The molecule has 0 saturated carbocycles. The first-order valence-electron chi connectivity index (χ1n) is 10.7. The van der Waals surface area contributed by atoms with Crippen LogP contribution in [0.5, 0.6) is 5.75 Å². The SMILES string of the molecule is COC(=O)c1cc(Cl)ccc1/C=C/Cn1c(C(=O)c2ccc(C)cc2)cc2cc(OC)ccc21. The van der Waals surface area contributed by atoms with Crippen LogP contribution in [0.25, 0.3) is 17.0 Å². The molecule has 0 amide bonds. The Morgan fingerprint density at radius 3 is 2.44 bits per heavy atom. The molecule has 0 aliphatic heterocycles. The molecule has 4 aromatic rings. The molecule has 4 rings (SSSR count). The second kappa shape index (κ2) is 9.98. The number of hydrogen-bond acceptors (Lipinski definition) is 4. The molecular formula is C28H24ClNO4. The first-order valence-corrected chi connectivity index (χ1v) is 11.1. The summed E-state index contributed by atoms with van der Waals surface area (Å²) in [5.74, 6) is 0.194. The molecule has 34 heavy (non-hydrogen) atoms. The summed E-state index contributed by atoms with van der Waals surface area (Å²) in [5, 5.41) is 1.36. The van der Waals surface area contributed by atoms with E-state index in [1.54, 1.807) is 25.3 Å². The maximum absolute atomic E-state index is 13.4. The molecular weight excluding hydrogens is 450 g/mol. The van der Waals surface area contributed by atoms with Gasteiger partial charge in [-0.3, -0.25) is 4.79 Å². The third kappa shape index (κ3) is 4.75. The van der Waals surface area contributed by atoms with Gasteiger partial charge in [-0.05, 0) is 48.9 Å². The maximum Gasteiger partial charge on any atom is 0.338 e. The lowest BCUT2D eigenvalue weighted by Crippen LogP contribution is -2.09. The number of nitrogens with zero attached hydrogens (tertiary/aromatic N) is 1. The highest BCUT2D eigenvalue weighted by Crippen LogP contribution is 2.27. The number of methoxy groups -OCH3 is 2. The Morgan fingerprint density at radius 1 is 0.971 bits per heavy atom. The van der Waals surface area contributed by atoms with E-state index in [1.165, 1.54) is 7.11 Å². The molecule has 0 saturated heterocycles. The monoisotopic (exact) mass is 473 g/mol. The van der Waals surface area contributed by atoms with Crippen LogP contribution >= 0.6 is 11.6 Å². The lowest BCUT2D eigenvalue weighted by atomic mass is 10.1. The minimum Gasteiger partial charge on any atom is -0.497 e. The molecule has 1 aromatic heterocycles. The van der Waals surface area contributed by atoms with Crippen molar-refractivity contribution in [3.05, 3.63) is 106 Å². The normalized spacial score (nSPS) is 11.2. The lowest BCUT2D eigenvalue weighted by molar-refractivity contribution is 0.0600. The van der Waals surface area contributed by atoms with Gasteiger partial charge in [-0.2, -0.15) is 0 Å². The van der Waals surface area contributed by atoms with Crippen LogP contribution < -0.4 is 4.74 Å². The van der Waals surface area contributed by atoms with Gasteiger partial charge in [-0.25, -0.2) is 4.79 Å². The van der Waals surface area contributed by atoms with E-state index in [1.807, 2.05) is 72.2 Å². The van der Waals surface area contributed by atoms with Crippen LogP contribution in [0, 0.1) is 6.92 Å². The number of hydrogen-bond donors (Lipinski definition) is 0. The molecule has 3 aromatic carbocycles. The van der Waals surface area contributed by atoms with Crippen molar-refractivity contribution in [2.75, 3.05) is 14.2 Å². The van der Waals surface area contributed by atoms with E-state index in [0.717, 1.165) is 22.2 Å². The van der Waals surface area contributed by atoms with E-state index >= 15 is 0 Å². The minimum absolute atomic E-state index is 0.0645. The van der Waals surface area contributed by atoms with Crippen molar-refractivity contribution < 1.29 is 19.1 Å². The molecule has 0 N–H and O–H groups in total. The van der Waals surface area contributed by atoms with Gasteiger partial charge in [-0.15, -0.1) is 0 Å². The van der Waals surface area contributed by atoms with Crippen molar-refractivity contribution >= 4 is 40.3 Å². The van der Waals surface area contributed by atoms with E-state index in [0.29, 0.717) is 34.0 Å². The summed E-state index contributed by atoms with van der Waals surface area (Å²) in [6.45, 7) is 2.41. The number of allylic oxidation sites excluding steroid dienone is 1. The quantitative estimate of drug-likeness (QED) is 0.232. The molecule has 0 unspecified atom stereocenters. The van der Waals surface area contributed by atoms with E-state index in [-0.39, 0.29) is 5.78 Å². The fourth-order valence-electron chi connectivity index (χ4n) is 3.86. The van der Waals surface area contributed by atoms with Crippen LogP contribution in [0.2, 0.25) is 5.02 Å². The van der Waals surface area contributed by atoms with Gasteiger partial charge in [0.15, 0.2) is 0 Å². The van der Waals surface area contributed by atoms with Crippen LogP contribution in [-0.2, 0) is 11.3 Å². The van der Waals surface area contributed by atoms with Crippen molar-refractivity contribution in [3.8, 4) is 5.75 Å². The maximum atomic E-state index is 13.4. The molecule has 0 radical (unpaired) electrons. The first kappa shape index (κ1) is 23.3. The molecule has 0 atom stereocenters. The highest BCUT2D eigenvalue weighted by atomic mass is 35.5. The lowest BCUT2D eigenvalue weighted by Gasteiger charge is -2.09. The Labute approximate surface area is 203 Å². The zero-order valence-electron chi connectivity index (χ0n) is 19.2. The number of fused-ring (bicyclic) bond motifs is 1. The molecule has 172 valence electrons. The number of ketones is 1. The van der Waals surface area contributed by atoms with Crippen LogP contribution in [0.4, 0.5) is 0 Å². The number of ether oxygens (including phenoxy) is 2. The third-order valence-corrected chi connectivity index (χ3v) is 5.90. The summed E-state index contributed by atoms with van der Waals surface area (Å²) in [4.78, 5) is 25.6. The summed E-state index contributed by atoms with van der Waals surface area (Å²) in [5.41, 5.74) is 4.25. The first-order chi connectivity index (χ1) is 16.4.